The van der Waals surface area contributed by atoms with Gasteiger partial charge >= 0.3 is 5.97 Å². The minimum atomic E-state index is -0.921. The third-order valence-corrected chi connectivity index (χ3v) is 3.68. The molecule has 0 aliphatic carbocycles. The quantitative estimate of drug-likeness (QED) is 0.329. The van der Waals surface area contributed by atoms with Gasteiger partial charge in [0, 0.05) is 19.4 Å². The average Bonchev–Trinajstić information content (AvgIpc) is 2.62. The maximum absolute atomic E-state index is 12.0. The fraction of sp³-hybridized carbons (Fsp3) is 0.500. The molecular formula is C18H26N2O6. The Bertz CT molecular complexity index is 605. The fourth-order valence-corrected chi connectivity index (χ4v) is 2.34. The van der Waals surface area contributed by atoms with Crippen LogP contribution < -0.4 is 10.6 Å². The van der Waals surface area contributed by atoms with E-state index in [-0.39, 0.29) is 37.6 Å². The number of carbonyl (C=O) groups excluding carboxylic acids is 3. The maximum atomic E-state index is 12.0. The Morgan fingerprint density at radius 3 is 2.58 bits per heavy atom. The number of ether oxygens (including phenoxy) is 1. The van der Waals surface area contributed by atoms with Crippen molar-refractivity contribution in [2.24, 2.45) is 0 Å². The Hall–Kier alpha value is -2.61. The molecule has 0 heterocycles. The molecule has 8 heteroatoms. The number of aliphatic hydroxyl groups is 1. The smallest absolute Gasteiger partial charge is 0.328 e. The molecule has 1 atom stereocenters. The van der Waals surface area contributed by atoms with E-state index in [9.17, 15) is 19.5 Å². The van der Waals surface area contributed by atoms with E-state index in [1.807, 2.05) is 0 Å². The van der Waals surface area contributed by atoms with Crippen LogP contribution in [-0.2, 0) is 25.5 Å². The number of aliphatic hydroxyl groups excluding tert-OH is 1. The molecule has 0 spiro atoms. The molecule has 4 N–H and O–H groups in total. The van der Waals surface area contributed by atoms with Crippen molar-refractivity contribution in [1.82, 2.24) is 10.6 Å². The van der Waals surface area contributed by atoms with Crippen molar-refractivity contribution in [3.63, 3.8) is 0 Å². The van der Waals surface area contributed by atoms with Crippen molar-refractivity contribution in [2.75, 3.05) is 20.3 Å². The maximum Gasteiger partial charge on any atom is 0.328 e. The highest BCUT2D eigenvalue weighted by molar-refractivity contribution is 5.88. The van der Waals surface area contributed by atoms with Crippen molar-refractivity contribution >= 4 is 17.8 Å². The molecule has 144 valence electrons. The zero-order valence-electron chi connectivity index (χ0n) is 14.9. The molecule has 0 aromatic heterocycles. The van der Waals surface area contributed by atoms with E-state index in [2.05, 4.69) is 10.6 Å². The van der Waals surface area contributed by atoms with Gasteiger partial charge in [0.1, 0.15) is 11.8 Å². The van der Waals surface area contributed by atoms with Crippen LogP contribution in [0.15, 0.2) is 24.3 Å². The van der Waals surface area contributed by atoms with E-state index in [1.165, 1.54) is 19.2 Å². The van der Waals surface area contributed by atoms with E-state index in [4.69, 9.17) is 9.84 Å². The van der Waals surface area contributed by atoms with Gasteiger partial charge in [-0.3, -0.25) is 9.59 Å². The lowest BCUT2D eigenvalue weighted by Gasteiger charge is -2.17. The van der Waals surface area contributed by atoms with Crippen LogP contribution in [0.5, 0.6) is 5.75 Å². The van der Waals surface area contributed by atoms with Crippen molar-refractivity contribution in [1.29, 1.82) is 0 Å². The van der Waals surface area contributed by atoms with Crippen LogP contribution in [0.2, 0.25) is 0 Å². The summed E-state index contributed by atoms with van der Waals surface area (Å²) in [5.41, 5.74) is 0.661. The van der Waals surface area contributed by atoms with Crippen molar-refractivity contribution in [3.8, 4) is 5.75 Å². The van der Waals surface area contributed by atoms with Crippen LogP contribution in [0.3, 0.4) is 0 Å². The molecule has 0 unspecified atom stereocenters. The van der Waals surface area contributed by atoms with Gasteiger partial charge in [0.05, 0.1) is 13.7 Å². The first-order valence-corrected chi connectivity index (χ1v) is 8.49. The molecule has 0 bridgehead atoms. The van der Waals surface area contributed by atoms with Gasteiger partial charge < -0.3 is 25.6 Å². The highest BCUT2D eigenvalue weighted by Crippen LogP contribution is 2.13. The number of benzene rings is 1. The van der Waals surface area contributed by atoms with Crippen LogP contribution in [0.25, 0.3) is 0 Å². The number of aromatic hydroxyl groups is 1. The van der Waals surface area contributed by atoms with E-state index >= 15 is 0 Å². The summed E-state index contributed by atoms with van der Waals surface area (Å²) in [5, 5.41) is 23.2. The first-order chi connectivity index (χ1) is 12.5. The van der Waals surface area contributed by atoms with Gasteiger partial charge in [-0.05, 0) is 30.5 Å². The van der Waals surface area contributed by atoms with Gasteiger partial charge in [-0.1, -0.05) is 18.6 Å². The topological polar surface area (TPSA) is 125 Å². The number of esters is 1. The molecule has 8 nitrogen and oxygen atoms in total. The van der Waals surface area contributed by atoms with E-state index in [1.54, 1.807) is 12.1 Å². The lowest BCUT2D eigenvalue weighted by Crippen LogP contribution is -2.47. The van der Waals surface area contributed by atoms with Crippen LogP contribution in [0.1, 0.15) is 31.2 Å². The number of unbranched alkanes of at least 4 members (excludes halogenated alkanes) is 2. The van der Waals surface area contributed by atoms with Gasteiger partial charge in [0.15, 0.2) is 0 Å². The molecule has 0 fully saturated rings. The number of phenols is 1. The molecule has 0 radical (unpaired) electrons. The Morgan fingerprint density at radius 2 is 1.92 bits per heavy atom. The highest BCUT2D eigenvalue weighted by atomic mass is 16.5. The molecule has 0 aliphatic heterocycles. The summed E-state index contributed by atoms with van der Waals surface area (Å²) in [6.45, 7) is -0.148. The summed E-state index contributed by atoms with van der Waals surface area (Å²) in [4.78, 5) is 35.5. The molecule has 1 rings (SSSR count). The molecule has 0 saturated carbocycles. The van der Waals surface area contributed by atoms with Crippen LogP contribution in [-0.4, -0.2) is 54.3 Å². The summed E-state index contributed by atoms with van der Waals surface area (Å²) in [6.07, 6.45) is 2.45. The first kappa shape index (κ1) is 21.4. The van der Waals surface area contributed by atoms with Gasteiger partial charge in [-0.25, -0.2) is 4.79 Å². The summed E-state index contributed by atoms with van der Waals surface area (Å²) in [5.74, 6) is -1.33. The zero-order chi connectivity index (χ0) is 19.4. The number of methoxy groups -OCH3 is 1. The number of hydrogen-bond acceptors (Lipinski definition) is 6. The predicted octanol–water partition coefficient (Wildman–Crippen LogP) is 0.261. The Morgan fingerprint density at radius 1 is 1.15 bits per heavy atom. The fourth-order valence-electron chi connectivity index (χ4n) is 2.34. The molecule has 0 aliphatic rings. The second-order valence-electron chi connectivity index (χ2n) is 5.83. The Labute approximate surface area is 152 Å². The second-order valence-corrected chi connectivity index (χ2v) is 5.83. The van der Waals surface area contributed by atoms with E-state index < -0.39 is 17.9 Å². The van der Waals surface area contributed by atoms with Crippen LogP contribution in [0, 0.1) is 0 Å². The van der Waals surface area contributed by atoms with Crippen molar-refractivity contribution in [2.45, 2.75) is 38.1 Å². The van der Waals surface area contributed by atoms with Gasteiger partial charge in [0.25, 0.3) is 0 Å². The van der Waals surface area contributed by atoms with Crippen molar-refractivity contribution < 1.29 is 29.3 Å². The number of phenolic OH excluding ortho intramolecular Hbond substituents is 1. The Kier molecular flexibility index (Phi) is 9.78. The molecular weight excluding hydrogens is 340 g/mol. The minimum absolute atomic E-state index is 0.0610. The summed E-state index contributed by atoms with van der Waals surface area (Å²) >= 11 is 0. The predicted molar refractivity (Wildman–Crippen MR) is 94.3 cm³/mol. The summed E-state index contributed by atoms with van der Waals surface area (Å²) < 4.78 is 4.69. The van der Waals surface area contributed by atoms with Crippen LogP contribution >= 0.6 is 0 Å². The largest absolute Gasteiger partial charge is 0.508 e. The SMILES string of the molecule is COC(=O)[C@H](Cc1cccc(O)c1)NC(=O)CNC(=O)CCCCCO. The molecule has 1 aromatic rings. The van der Waals surface area contributed by atoms with Crippen LogP contribution in [0.4, 0.5) is 0 Å². The van der Waals surface area contributed by atoms with Gasteiger partial charge in [-0.15, -0.1) is 0 Å². The number of hydrogen-bond donors (Lipinski definition) is 4. The first-order valence-electron chi connectivity index (χ1n) is 8.49. The number of carbonyl (C=O) groups is 3. The lowest BCUT2D eigenvalue weighted by atomic mass is 10.1. The average molecular weight is 366 g/mol. The number of rotatable bonds is 11. The van der Waals surface area contributed by atoms with E-state index in [0.29, 0.717) is 18.4 Å². The Balaban J connectivity index is 2.48. The van der Waals surface area contributed by atoms with Gasteiger partial charge in [-0.2, -0.15) is 0 Å². The minimum Gasteiger partial charge on any atom is -0.508 e. The third kappa shape index (κ3) is 8.48. The van der Waals surface area contributed by atoms with Gasteiger partial charge in [0.2, 0.25) is 11.8 Å². The lowest BCUT2D eigenvalue weighted by molar-refractivity contribution is -0.145. The van der Waals surface area contributed by atoms with E-state index in [0.717, 1.165) is 6.42 Å². The summed E-state index contributed by atoms with van der Waals surface area (Å²) in [7, 11) is 1.22. The second kappa shape index (κ2) is 11.9. The molecule has 26 heavy (non-hydrogen) atoms. The standard InChI is InChI=1S/C18H26N2O6/c1-26-18(25)15(11-13-6-5-7-14(22)10-13)20-17(24)12-19-16(23)8-3-2-4-9-21/h5-7,10,15,21-22H,2-4,8-9,11-12H2,1H3,(H,19,23)(H,20,24)/t15-/m0/s1. The normalized spacial score (nSPS) is 11.5. The molecule has 1 aromatic carbocycles. The number of amides is 2. The number of nitrogens with one attached hydrogen (secondary N) is 2. The monoisotopic (exact) mass is 366 g/mol. The summed E-state index contributed by atoms with van der Waals surface area (Å²) in [6, 6.07) is 5.44. The zero-order valence-corrected chi connectivity index (χ0v) is 14.9. The third-order valence-electron chi connectivity index (χ3n) is 3.68. The van der Waals surface area contributed by atoms with Crippen molar-refractivity contribution in [3.05, 3.63) is 29.8 Å². The molecule has 2 amide bonds. The highest BCUT2D eigenvalue weighted by Gasteiger charge is 2.22. The molecule has 0 saturated heterocycles.